The minimum atomic E-state index is -0.384. The quantitative estimate of drug-likeness (QED) is 0.394. The van der Waals surface area contributed by atoms with Crippen LogP contribution < -0.4 is 0 Å². The van der Waals surface area contributed by atoms with E-state index < -0.39 is 0 Å². The fraction of sp³-hybridized carbons (Fsp3) is 0.655. The van der Waals surface area contributed by atoms with Crippen LogP contribution in [0.2, 0.25) is 10.0 Å². The number of ether oxygens (including phenoxy) is 1. The van der Waals surface area contributed by atoms with Crippen molar-refractivity contribution in [3.8, 4) is 5.69 Å². The summed E-state index contributed by atoms with van der Waals surface area (Å²) in [7, 11) is 0. The Morgan fingerprint density at radius 1 is 1.11 bits per heavy atom. The van der Waals surface area contributed by atoms with Crippen molar-refractivity contribution in [2.45, 2.75) is 89.9 Å². The number of carbonyl (C=O) groups excluding carboxylic acids is 1. The zero-order valence-electron chi connectivity index (χ0n) is 21.3. The Morgan fingerprint density at radius 2 is 1.89 bits per heavy atom. The zero-order chi connectivity index (χ0) is 24.8. The van der Waals surface area contributed by atoms with Gasteiger partial charge in [-0.3, -0.25) is 4.79 Å². The number of benzene rings is 1. The van der Waals surface area contributed by atoms with Crippen molar-refractivity contribution in [2.75, 3.05) is 6.61 Å². The zero-order valence-corrected chi connectivity index (χ0v) is 22.8. The van der Waals surface area contributed by atoms with Crippen molar-refractivity contribution in [1.82, 2.24) is 9.78 Å². The van der Waals surface area contributed by atoms with Gasteiger partial charge < -0.3 is 4.74 Å². The molecule has 2 aromatic rings. The van der Waals surface area contributed by atoms with Crippen molar-refractivity contribution in [3.63, 3.8) is 0 Å². The SMILES string of the molecule is CCOC(=O)[C@]1(C)CCC[C@@]2(C)[C@@H]3CC[C@@]4(C)C[C@]3(CC[C@@H]21)c1cnn(-c2cc(Cl)ccc2Cl)c14. The molecule has 0 N–H and O–H groups in total. The minimum absolute atomic E-state index is 0.0167. The molecule has 1 aromatic heterocycles. The van der Waals surface area contributed by atoms with Crippen LogP contribution in [0.1, 0.15) is 90.3 Å². The van der Waals surface area contributed by atoms with Crippen LogP contribution in [0.3, 0.4) is 0 Å². The molecule has 6 rings (SSSR count). The molecule has 3 saturated carbocycles. The Labute approximate surface area is 218 Å². The van der Waals surface area contributed by atoms with Crippen LogP contribution in [-0.4, -0.2) is 22.4 Å². The van der Waals surface area contributed by atoms with Crippen LogP contribution in [0.5, 0.6) is 0 Å². The van der Waals surface area contributed by atoms with Gasteiger partial charge in [-0.25, -0.2) is 4.68 Å². The van der Waals surface area contributed by atoms with Crippen molar-refractivity contribution >= 4 is 29.2 Å². The smallest absolute Gasteiger partial charge is 0.312 e. The minimum Gasteiger partial charge on any atom is -0.466 e. The Bertz CT molecular complexity index is 1210. The van der Waals surface area contributed by atoms with E-state index >= 15 is 0 Å². The second kappa shape index (κ2) is 7.74. The lowest BCUT2D eigenvalue weighted by Gasteiger charge is -2.64. The van der Waals surface area contributed by atoms with Crippen LogP contribution in [0.4, 0.5) is 0 Å². The number of hydrogen-bond acceptors (Lipinski definition) is 3. The largest absolute Gasteiger partial charge is 0.466 e. The summed E-state index contributed by atoms with van der Waals surface area (Å²) in [5.74, 6) is 0.928. The van der Waals surface area contributed by atoms with E-state index in [0.29, 0.717) is 28.5 Å². The highest BCUT2D eigenvalue weighted by Crippen LogP contribution is 2.73. The van der Waals surface area contributed by atoms with E-state index in [1.807, 2.05) is 25.1 Å². The molecule has 0 radical (unpaired) electrons. The Kier molecular flexibility index (Phi) is 5.28. The predicted octanol–water partition coefficient (Wildman–Crippen LogP) is 7.66. The molecular weight excluding hydrogens is 479 g/mol. The fourth-order valence-electron chi connectivity index (χ4n) is 9.53. The van der Waals surface area contributed by atoms with E-state index in [9.17, 15) is 4.79 Å². The van der Waals surface area contributed by atoms with E-state index in [2.05, 4.69) is 31.6 Å². The summed E-state index contributed by atoms with van der Waals surface area (Å²) in [5.41, 5.74) is 3.54. The summed E-state index contributed by atoms with van der Waals surface area (Å²) < 4.78 is 7.73. The van der Waals surface area contributed by atoms with Crippen molar-refractivity contribution in [3.05, 3.63) is 45.7 Å². The molecule has 4 aliphatic carbocycles. The lowest BCUT2D eigenvalue weighted by atomic mass is 9.40. The number of nitrogens with zero attached hydrogens (tertiary/aromatic N) is 2. The number of aromatic nitrogens is 2. The van der Waals surface area contributed by atoms with Crippen molar-refractivity contribution in [2.24, 2.45) is 22.7 Å². The van der Waals surface area contributed by atoms with Crippen LogP contribution in [0, 0.1) is 22.7 Å². The van der Waals surface area contributed by atoms with Crippen LogP contribution >= 0.6 is 23.2 Å². The standard InChI is InChI=1S/C29H36Cl2N2O2/c1-5-35-25(34)28(4)12-6-11-27(3)22(28)10-14-29-17-26(2,13-9-23(27)29)24-19(29)16-32-33(24)21-15-18(30)7-8-20(21)31/h7-8,15-16,22-23H,5-6,9-14,17H2,1-4H3/t22-,23-,26-,27+,28+,29+/m0/s1. The van der Waals surface area contributed by atoms with Crippen LogP contribution in [-0.2, 0) is 20.4 Å². The lowest BCUT2D eigenvalue weighted by Crippen LogP contribution is -2.60. The highest BCUT2D eigenvalue weighted by atomic mass is 35.5. The number of hydrogen-bond donors (Lipinski definition) is 0. The maximum absolute atomic E-state index is 13.2. The van der Waals surface area contributed by atoms with Gasteiger partial charge >= 0.3 is 5.97 Å². The van der Waals surface area contributed by atoms with Crippen LogP contribution in [0.15, 0.2) is 24.4 Å². The molecule has 0 amide bonds. The lowest BCUT2D eigenvalue weighted by molar-refractivity contribution is -0.180. The van der Waals surface area contributed by atoms with Gasteiger partial charge in [0.15, 0.2) is 0 Å². The third kappa shape index (κ3) is 3.05. The first-order valence-corrected chi connectivity index (χ1v) is 14.1. The molecule has 0 aliphatic heterocycles. The highest BCUT2D eigenvalue weighted by Gasteiger charge is 2.68. The topological polar surface area (TPSA) is 44.1 Å². The third-order valence-electron chi connectivity index (χ3n) is 10.8. The second-order valence-electron chi connectivity index (χ2n) is 12.5. The summed E-state index contributed by atoms with van der Waals surface area (Å²) >= 11 is 13.0. The highest BCUT2D eigenvalue weighted by molar-refractivity contribution is 6.34. The van der Waals surface area contributed by atoms with Gasteiger partial charge in [0.1, 0.15) is 0 Å². The van der Waals surface area contributed by atoms with Crippen LogP contribution in [0.25, 0.3) is 5.69 Å². The second-order valence-corrected chi connectivity index (χ2v) is 13.3. The molecule has 6 heteroatoms. The molecule has 4 aliphatic rings. The van der Waals surface area contributed by atoms with Gasteiger partial charge in [0.25, 0.3) is 0 Å². The van der Waals surface area contributed by atoms with Gasteiger partial charge in [0, 0.05) is 21.4 Å². The summed E-state index contributed by atoms with van der Waals surface area (Å²) in [4.78, 5) is 13.2. The maximum atomic E-state index is 13.2. The number of esters is 1. The van der Waals surface area contributed by atoms with E-state index in [0.717, 1.165) is 44.2 Å². The van der Waals surface area contributed by atoms with E-state index in [-0.39, 0.29) is 27.6 Å². The van der Waals surface area contributed by atoms with Gasteiger partial charge in [0.05, 0.1) is 34.6 Å². The Morgan fingerprint density at radius 3 is 2.66 bits per heavy atom. The fourth-order valence-corrected chi connectivity index (χ4v) is 9.90. The Hall–Kier alpha value is -1.52. The van der Waals surface area contributed by atoms with Gasteiger partial charge in [-0.2, -0.15) is 5.10 Å². The first-order valence-electron chi connectivity index (χ1n) is 13.3. The average molecular weight is 516 g/mol. The number of carbonyl (C=O) groups is 1. The summed E-state index contributed by atoms with van der Waals surface area (Å²) in [6.45, 7) is 9.49. The number of halogens is 2. The average Bonchev–Trinajstić information content (AvgIpc) is 3.33. The van der Waals surface area contributed by atoms with Gasteiger partial charge in [-0.1, -0.05) is 43.5 Å². The summed E-state index contributed by atoms with van der Waals surface area (Å²) in [6.07, 6.45) is 11.0. The normalized spacial score (nSPS) is 39.5. The molecular formula is C29H36Cl2N2O2. The van der Waals surface area contributed by atoms with Crippen molar-refractivity contribution in [1.29, 1.82) is 0 Å². The molecule has 6 atom stereocenters. The molecule has 35 heavy (non-hydrogen) atoms. The first kappa shape index (κ1) is 23.9. The molecule has 3 fully saturated rings. The molecule has 188 valence electrons. The monoisotopic (exact) mass is 514 g/mol. The third-order valence-corrected chi connectivity index (χ3v) is 11.3. The first-order chi connectivity index (χ1) is 16.6. The number of fused-ring (bicyclic) bond motifs is 5. The summed E-state index contributed by atoms with van der Waals surface area (Å²) in [6, 6.07) is 5.63. The van der Waals surface area contributed by atoms with E-state index in [1.165, 1.54) is 24.1 Å². The molecule has 1 aromatic carbocycles. The van der Waals surface area contributed by atoms with E-state index in [1.54, 1.807) is 0 Å². The van der Waals surface area contributed by atoms with E-state index in [4.69, 9.17) is 33.0 Å². The Balaban J connectivity index is 1.46. The molecule has 4 nitrogen and oxygen atoms in total. The summed E-state index contributed by atoms with van der Waals surface area (Å²) in [5, 5.41) is 6.28. The molecule has 1 heterocycles. The molecule has 0 unspecified atom stereocenters. The molecule has 0 saturated heterocycles. The van der Waals surface area contributed by atoms with Gasteiger partial charge in [-0.05, 0) is 94.2 Å². The molecule has 1 spiro atoms. The maximum Gasteiger partial charge on any atom is 0.312 e. The van der Waals surface area contributed by atoms with Gasteiger partial charge in [-0.15, -0.1) is 0 Å². The predicted molar refractivity (Wildman–Crippen MR) is 139 cm³/mol. The molecule has 2 bridgehead atoms. The van der Waals surface area contributed by atoms with Gasteiger partial charge in [0.2, 0.25) is 0 Å². The number of rotatable bonds is 3. The van der Waals surface area contributed by atoms with Crippen molar-refractivity contribution < 1.29 is 9.53 Å².